The average molecular weight is 473 g/mol. The van der Waals surface area contributed by atoms with E-state index in [2.05, 4.69) is 35.7 Å². The summed E-state index contributed by atoms with van der Waals surface area (Å²) in [4.78, 5) is 28.1. The van der Waals surface area contributed by atoms with Crippen molar-refractivity contribution in [1.82, 2.24) is 35.4 Å². The normalized spacial score (nSPS) is 16.3. The largest absolute Gasteiger partial charge is 0.468 e. The number of esters is 1. The van der Waals surface area contributed by atoms with Gasteiger partial charge in [0.05, 0.1) is 53.3 Å². The Morgan fingerprint density at radius 2 is 2.09 bits per heavy atom. The third-order valence-corrected chi connectivity index (χ3v) is 6.10. The predicted octanol–water partition coefficient (Wildman–Crippen LogP) is 2.25. The van der Waals surface area contributed by atoms with Crippen LogP contribution in [0.5, 0.6) is 0 Å². The number of anilines is 1. The minimum absolute atomic E-state index is 0.220. The van der Waals surface area contributed by atoms with Crippen LogP contribution in [-0.4, -0.2) is 81.9 Å². The van der Waals surface area contributed by atoms with E-state index in [0.717, 1.165) is 71.2 Å². The van der Waals surface area contributed by atoms with Gasteiger partial charge in [0.2, 0.25) is 0 Å². The van der Waals surface area contributed by atoms with E-state index in [9.17, 15) is 4.79 Å². The van der Waals surface area contributed by atoms with Crippen LogP contribution in [-0.2, 0) is 9.53 Å². The van der Waals surface area contributed by atoms with Gasteiger partial charge in [-0.1, -0.05) is 6.07 Å². The van der Waals surface area contributed by atoms with Crippen LogP contribution < -0.4 is 10.6 Å². The van der Waals surface area contributed by atoms with Crippen molar-refractivity contribution in [2.75, 3.05) is 45.2 Å². The Hall–Kier alpha value is -3.89. The van der Waals surface area contributed by atoms with Crippen molar-refractivity contribution >= 4 is 22.7 Å². The van der Waals surface area contributed by atoms with Gasteiger partial charge in [-0.2, -0.15) is 5.10 Å². The maximum absolute atomic E-state index is 11.8. The van der Waals surface area contributed by atoms with E-state index in [1.54, 1.807) is 6.20 Å². The molecule has 4 aromatic heterocycles. The monoisotopic (exact) mass is 472 g/mol. The summed E-state index contributed by atoms with van der Waals surface area (Å²) in [5, 5.41) is 13.9. The van der Waals surface area contributed by atoms with Crippen LogP contribution in [0.3, 0.4) is 0 Å². The third-order valence-electron chi connectivity index (χ3n) is 6.10. The number of rotatable bonds is 7. The fraction of sp³-hybridized carbons (Fsp3) is 0.320. The van der Waals surface area contributed by atoms with Crippen LogP contribution in [0.2, 0.25) is 0 Å². The number of carbonyl (C=O) groups excluding carboxylic acids is 1. The van der Waals surface area contributed by atoms with Crippen molar-refractivity contribution in [2.24, 2.45) is 0 Å². The summed E-state index contributed by atoms with van der Waals surface area (Å²) in [5.41, 5.74) is 6.82. The Labute approximate surface area is 203 Å². The Morgan fingerprint density at radius 1 is 1.17 bits per heavy atom. The number of aromatic amines is 1. The number of aromatic nitrogens is 5. The number of ether oxygens (including phenoxy) is 1. The van der Waals surface area contributed by atoms with Gasteiger partial charge in [-0.15, -0.1) is 0 Å². The lowest BCUT2D eigenvalue weighted by Gasteiger charge is -2.32. The number of nitrogens with one attached hydrogen (secondary N) is 3. The highest BCUT2D eigenvalue weighted by molar-refractivity contribution is 5.84. The van der Waals surface area contributed by atoms with Gasteiger partial charge in [0, 0.05) is 44.0 Å². The SMILES string of the molecule is COC(=O)C1CN(CCNc2cnc3ccc(-c4cn[nH]c4-c4cccc(C)n4)nc3c2)CCN1. The summed E-state index contributed by atoms with van der Waals surface area (Å²) >= 11 is 0. The molecule has 180 valence electrons. The molecule has 5 rings (SSSR count). The molecule has 5 heterocycles. The Balaban J connectivity index is 1.29. The molecule has 0 aliphatic carbocycles. The molecule has 35 heavy (non-hydrogen) atoms. The van der Waals surface area contributed by atoms with Gasteiger partial charge in [-0.25, -0.2) is 4.98 Å². The summed E-state index contributed by atoms with van der Waals surface area (Å²) in [6.07, 6.45) is 3.59. The van der Waals surface area contributed by atoms with Gasteiger partial charge >= 0.3 is 5.97 Å². The Bertz CT molecular complexity index is 1340. The molecular formula is C25H28N8O2. The lowest BCUT2D eigenvalue weighted by molar-refractivity contribution is -0.144. The van der Waals surface area contributed by atoms with Crippen LogP contribution in [0.1, 0.15) is 5.69 Å². The van der Waals surface area contributed by atoms with Crippen LogP contribution >= 0.6 is 0 Å². The van der Waals surface area contributed by atoms with Gasteiger partial charge in [0.15, 0.2) is 0 Å². The van der Waals surface area contributed by atoms with Crippen molar-refractivity contribution < 1.29 is 9.53 Å². The number of nitrogens with zero attached hydrogens (tertiary/aromatic N) is 5. The Morgan fingerprint density at radius 3 is 2.94 bits per heavy atom. The molecule has 1 aliphatic rings. The van der Waals surface area contributed by atoms with E-state index >= 15 is 0 Å². The first-order valence-corrected chi connectivity index (χ1v) is 11.6. The average Bonchev–Trinajstić information content (AvgIpc) is 3.38. The molecule has 1 aliphatic heterocycles. The standard InChI is InChI=1S/C25H28N8O2/c1-16-4-3-5-21(30-16)24-18(14-29-32-24)19-6-7-20-22(31-19)12-17(13-28-20)26-8-10-33-11-9-27-23(15-33)25(34)35-2/h3-7,12-14,23,26-27H,8-11,15H2,1-2H3,(H,29,32). The van der Waals surface area contributed by atoms with E-state index in [1.807, 2.05) is 49.5 Å². The molecule has 0 saturated carbocycles. The molecule has 1 unspecified atom stereocenters. The molecule has 1 atom stereocenters. The summed E-state index contributed by atoms with van der Waals surface area (Å²) in [5.74, 6) is -0.220. The zero-order chi connectivity index (χ0) is 24.2. The molecule has 0 radical (unpaired) electrons. The van der Waals surface area contributed by atoms with E-state index < -0.39 is 0 Å². The first kappa shape index (κ1) is 22.9. The van der Waals surface area contributed by atoms with Crippen LogP contribution in [0.25, 0.3) is 33.7 Å². The van der Waals surface area contributed by atoms with Crippen LogP contribution in [0.4, 0.5) is 5.69 Å². The zero-order valence-electron chi connectivity index (χ0n) is 19.8. The zero-order valence-corrected chi connectivity index (χ0v) is 19.8. The number of carbonyl (C=O) groups is 1. The molecule has 0 spiro atoms. The number of pyridine rings is 3. The topological polar surface area (TPSA) is 121 Å². The van der Waals surface area contributed by atoms with Crippen LogP contribution in [0.15, 0.2) is 48.8 Å². The molecule has 10 nitrogen and oxygen atoms in total. The van der Waals surface area contributed by atoms with Gasteiger partial charge < -0.3 is 15.4 Å². The van der Waals surface area contributed by atoms with Gasteiger partial charge in [0.1, 0.15) is 6.04 Å². The lowest BCUT2D eigenvalue weighted by atomic mass is 10.1. The van der Waals surface area contributed by atoms with Crippen molar-refractivity contribution in [3.63, 3.8) is 0 Å². The molecule has 1 saturated heterocycles. The fourth-order valence-corrected chi connectivity index (χ4v) is 4.28. The summed E-state index contributed by atoms with van der Waals surface area (Å²) in [6, 6.07) is 11.6. The van der Waals surface area contributed by atoms with Gasteiger partial charge in [0.25, 0.3) is 0 Å². The minimum Gasteiger partial charge on any atom is -0.468 e. The van der Waals surface area contributed by atoms with E-state index in [4.69, 9.17) is 9.72 Å². The summed E-state index contributed by atoms with van der Waals surface area (Å²) < 4.78 is 4.86. The number of hydrogen-bond acceptors (Lipinski definition) is 9. The molecule has 0 aromatic carbocycles. The summed E-state index contributed by atoms with van der Waals surface area (Å²) in [6.45, 7) is 5.79. The smallest absolute Gasteiger partial charge is 0.324 e. The second kappa shape index (κ2) is 10.2. The Kier molecular flexibility index (Phi) is 6.64. The van der Waals surface area contributed by atoms with Crippen molar-refractivity contribution in [2.45, 2.75) is 13.0 Å². The molecule has 3 N–H and O–H groups in total. The predicted molar refractivity (Wildman–Crippen MR) is 134 cm³/mol. The van der Waals surface area contributed by atoms with Gasteiger partial charge in [-0.3, -0.25) is 24.8 Å². The van der Waals surface area contributed by atoms with E-state index in [0.29, 0.717) is 6.54 Å². The molecule has 1 fully saturated rings. The van der Waals surface area contributed by atoms with E-state index in [1.165, 1.54) is 7.11 Å². The van der Waals surface area contributed by atoms with Gasteiger partial charge in [-0.05, 0) is 37.3 Å². The molecular weight excluding hydrogens is 444 g/mol. The molecule has 0 amide bonds. The first-order chi connectivity index (χ1) is 17.1. The fourth-order valence-electron chi connectivity index (χ4n) is 4.28. The lowest BCUT2D eigenvalue weighted by Crippen LogP contribution is -2.55. The highest BCUT2D eigenvalue weighted by Gasteiger charge is 2.25. The number of hydrogen-bond donors (Lipinski definition) is 3. The minimum atomic E-state index is -0.276. The number of aryl methyl sites for hydroxylation is 1. The van der Waals surface area contributed by atoms with Crippen LogP contribution in [0, 0.1) is 6.92 Å². The number of methoxy groups -OCH3 is 1. The maximum atomic E-state index is 11.8. The number of piperazine rings is 1. The quantitative estimate of drug-likeness (QED) is 0.348. The highest BCUT2D eigenvalue weighted by Crippen LogP contribution is 2.29. The third kappa shape index (κ3) is 5.13. The first-order valence-electron chi connectivity index (χ1n) is 11.6. The van der Waals surface area contributed by atoms with E-state index in [-0.39, 0.29) is 12.0 Å². The number of H-pyrrole nitrogens is 1. The van der Waals surface area contributed by atoms with Crippen molar-refractivity contribution in [3.05, 3.63) is 54.5 Å². The molecule has 0 bridgehead atoms. The second-order valence-electron chi connectivity index (χ2n) is 8.54. The highest BCUT2D eigenvalue weighted by atomic mass is 16.5. The molecule has 10 heteroatoms. The second-order valence-corrected chi connectivity index (χ2v) is 8.54. The summed E-state index contributed by atoms with van der Waals surface area (Å²) in [7, 11) is 1.42. The number of fused-ring (bicyclic) bond motifs is 1. The van der Waals surface area contributed by atoms with Crippen molar-refractivity contribution in [1.29, 1.82) is 0 Å². The maximum Gasteiger partial charge on any atom is 0.324 e. The molecule has 4 aromatic rings. The van der Waals surface area contributed by atoms with Crippen molar-refractivity contribution in [3.8, 4) is 22.6 Å².